The largest absolute Gasteiger partial charge is 0.381 e. The number of aliphatic hydroxyl groups is 1. The highest BCUT2D eigenvalue weighted by atomic mass is 16.5. The van der Waals surface area contributed by atoms with Crippen molar-refractivity contribution in [2.75, 3.05) is 7.11 Å². The average Bonchev–Trinajstić information content (AvgIpc) is 2.99. The topological polar surface area (TPSA) is 29.5 Å². The molecule has 0 heterocycles. The first kappa shape index (κ1) is 18.8. The van der Waals surface area contributed by atoms with Crippen LogP contribution in [0.3, 0.4) is 0 Å². The highest BCUT2D eigenvalue weighted by molar-refractivity contribution is 5.17. The molecule has 0 aromatic rings. The molecule has 9 atom stereocenters. The van der Waals surface area contributed by atoms with Gasteiger partial charge in [-0.15, -0.1) is 6.42 Å². The third-order valence-corrected chi connectivity index (χ3v) is 9.92. The van der Waals surface area contributed by atoms with Crippen molar-refractivity contribution >= 4 is 0 Å². The Kier molecular flexibility index (Phi) is 4.52. The van der Waals surface area contributed by atoms with Crippen LogP contribution in [0.5, 0.6) is 0 Å². The van der Waals surface area contributed by atoms with Crippen molar-refractivity contribution in [3.05, 3.63) is 0 Å². The summed E-state index contributed by atoms with van der Waals surface area (Å²) in [6.07, 6.45) is 17.8. The standard InChI is InChI=1S/C24H38O2/c1-6-24(4,25)21-10-9-19-18-8-7-16-15-17(26-5)11-13-22(16,2)20(18)12-14-23(19,21)3/h1,16-21,25H,7-15H2,2-5H3. The summed E-state index contributed by atoms with van der Waals surface area (Å²) in [7, 11) is 1.89. The first-order chi connectivity index (χ1) is 12.3. The fourth-order valence-electron chi connectivity index (χ4n) is 8.46. The Labute approximate surface area is 160 Å². The molecule has 146 valence electrons. The van der Waals surface area contributed by atoms with Gasteiger partial charge in [-0.2, -0.15) is 0 Å². The molecule has 0 saturated heterocycles. The van der Waals surface area contributed by atoms with E-state index in [1.807, 2.05) is 14.0 Å². The third kappa shape index (κ3) is 2.53. The molecule has 0 radical (unpaired) electrons. The molecule has 2 heteroatoms. The molecule has 4 saturated carbocycles. The summed E-state index contributed by atoms with van der Waals surface area (Å²) in [4.78, 5) is 0. The Bertz CT molecular complexity index is 590. The lowest BCUT2D eigenvalue weighted by Crippen LogP contribution is -2.55. The number of methoxy groups -OCH3 is 1. The van der Waals surface area contributed by atoms with Crippen LogP contribution in [-0.4, -0.2) is 23.9 Å². The molecule has 0 aromatic carbocycles. The van der Waals surface area contributed by atoms with Gasteiger partial charge in [-0.1, -0.05) is 19.8 Å². The van der Waals surface area contributed by atoms with E-state index < -0.39 is 5.60 Å². The van der Waals surface area contributed by atoms with Crippen LogP contribution in [0.1, 0.15) is 78.6 Å². The summed E-state index contributed by atoms with van der Waals surface area (Å²) in [5.41, 5.74) is -0.218. The van der Waals surface area contributed by atoms with E-state index in [4.69, 9.17) is 11.2 Å². The molecule has 4 rings (SSSR count). The third-order valence-electron chi connectivity index (χ3n) is 9.92. The molecule has 0 amide bonds. The first-order valence-corrected chi connectivity index (χ1v) is 11.0. The van der Waals surface area contributed by atoms with E-state index in [9.17, 15) is 5.11 Å². The fourth-order valence-corrected chi connectivity index (χ4v) is 8.46. The molecule has 1 N–H and O–H groups in total. The Hall–Kier alpha value is -0.520. The van der Waals surface area contributed by atoms with Crippen molar-refractivity contribution < 1.29 is 9.84 Å². The smallest absolute Gasteiger partial charge is 0.125 e. The average molecular weight is 359 g/mol. The zero-order chi connectivity index (χ0) is 18.7. The van der Waals surface area contributed by atoms with E-state index in [1.165, 1.54) is 51.4 Å². The van der Waals surface area contributed by atoms with Gasteiger partial charge in [0.15, 0.2) is 0 Å². The van der Waals surface area contributed by atoms with E-state index in [0.29, 0.717) is 11.5 Å². The van der Waals surface area contributed by atoms with Crippen LogP contribution < -0.4 is 0 Å². The molecular weight excluding hydrogens is 320 g/mol. The van der Waals surface area contributed by atoms with Gasteiger partial charge in [0, 0.05) is 13.0 Å². The first-order valence-electron chi connectivity index (χ1n) is 11.0. The van der Waals surface area contributed by atoms with Crippen molar-refractivity contribution in [1.82, 2.24) is 0 Å². The summed E-state index contributed by atoms with van der Waals surface area (Å²) < 4.78 is 5.72. The maximum atomic E-state index is 10.9. The minimum Gasteiger partial charge on any atom is -0.381 e. The van der Waals surface area contributed by atoms with Crippen molar-refractivity contribution in [2.24, 2.45) is 40.4 Å². The van der Waals surface area contributed by atoms with Gasteiger partial charge in [0.25, 0.3) is 0 Å². The SMILES string of the molecule is C#CC(C)(O)C1CCC2C3CCC4CC(OC)CCC4(C)C3CCC21C. The van der Waals surface area contributed by atoms with Gasteiger partial charge < -0.3 is 9.84 Å². The molecule has 4 aliphatic rings. The van der Waals surface area contributed by atoms with E-state index >= 15 is 0 Å². The Balaban J connectivity index is 1.59. The van der Waals surface area contributed by atoms with E-state index in [1.54, 1.807) is 0 Å². The second-order valence-electron chi connectivity index (χ2n) is 10.8. The second-order valence-corrected chi connectivity index (χ2v) is 10.8. The minimum atomic E-state index is -0.950. The molecule has 0 aromatic heterocycles. The van der Waals surface area contributed by atoms with E-state index in [-0.39, 0.29) is 11.3 Å². The minimum absolute atomic E-state index is 0.226. The van der Waals surface area contributed by atoms with Crippen LogP contribution in [-0.2, 0) is 4.74 Å². The maximum Gasteiger partial charge on any atom is 0.125 e. The monoisotopic (exact) mass is 358 g/mol. The molecular formula is C24H38O2. The van der Waals surface area contributed by atoms with Gasteiger partial charge in [-0.25, -0.2) is 0 Å². The second kappa shape index (κ2) is 6.25. The Morgan fingerprint density at radius 2 is 1.69 bits per heavy atom. The summed E-state index contributed by atoms with van der Waals surface area (Å²) in [5, 5.41) is 10.9. The molecule has 2 nitrogen and oxygen atoms in total. The number of terminal acetylenes is 1. The number of hydrogen-bond donors (Lipinski definition) is 1. The maximum absolute atomic E-state index is 10.9. The van der Waals surface area contributed by atoms with Crippen molar-refractivity contribution in [2.45, 2.75) is 90.3 Å². The molecule has 0 bridgehead atoms. The summed E-state index contributed by atoms with van der Waals surface area (Å²) in [6.45, 7) is 6.93. The van der Waals surface area contributed by atoms with Gasteiger partial charge >= 0.3 is 0 Å². The van der Waals surface area contributed by atoms with Crippen molar-refractivity contribution in [3.63, 3.8) is 0 Å². The van der Waals surface area contributed by atoms with Crippen LogP contribution >= 0.6 is 0 Å². The zero-order valence-electron chi connectivity index (χ0n) is 17.3. The summed E-state index contributed by atoms with van der Waals surface area (Å²) in [5.74, 6) is 6.29. The number of ether oxygens (including phenoxy) is 1. The predicted molar refractivity (Wildman–Crippen MR) is 105 cm³/mol. The number of hydrogen-bond acceptors (Lipinski definition) is 2. The van der Waals surface area contributed by atoms with Crippen LogP contribution in [0.25, 0.3) is 0 Å². The lowest BCUT2D eigenvalue weighted by molar-refractivity contribution is -0.139. The number of fused-ring (bicyclic) bond motifs is 5. The van der Waals surface area contributed by atoms with Crippen LogP contribution in [0.15, 0.2) is 0 Å². The normalized spacial score (nSPS) is 52.9. The van der Waals surface area contributed by atoms with E-state index in [2.05, 4.69) is 19.8 Å². The van der Waals surface area contributed by atoms with Gasteiger partial charge in [0.1, 0.15) is 5.60 Å². The Morgan fingerprint density at radius 1 is 1.00 bits per heavy atom. The lowest BCUT2D eigenvalue weighted by atomic mass is 9.44. The number of rotatable bonds is 2. The van der Waals surface area contributed by atoms with Crippen molar-refractivity contribution in [1.29, 1.82) is 0 Å². The van der Waals surface area contributed by atoms with Crippen molar-refractivity contribution in [3.8, 4) is 12.3 Å². The Morgan fingerprint density at radius 3 is 2.38 bits per heavy atom. The molecule has 0 aliphatic heterocycles. The molecule has 26 heavy (non-hydrogen) atoms. The molecule has 4 aliphatic carbocycles. The fraction of sp³-hybridized carbons (Fsp3) is 0.917. The molecule has 9 unspecified atom stereocenters. The zero-order valence-corrected chi connectivity index (χ0v) is 17.3. The molecule has 0 spiro atoms. The van der Waals surface area contributed by atoms with Gasteiger partial charge in [-0.3, -0.25) is 0 Å². The predicted octanol–water partition coefficient (Wildman–Crippen LogP) is 5.04. The highest BCUT2D eigenvalue weighted by Gasteiger charge is 2.62. The van der Waals surface area contributed by atoms with Crippen LogP contribution in [0.4, 0.5) is 0 Å². The van der Waals surface area contributed by atoms with Crippen LogP contribution in [0, 0.1) is 52.8 Å². The summed E-state index contributed by atoms with van der Waals surface area (Å²) in [6, 6.07) is 0. The van der Waals surface area contributed by atoms with Gasteiger partial charge in [0.2, 0.25) is 0 Å². The van der Waals surface area contributed by atoms with Crippen LogP contribution in [0.2, 0.25) is 0 Å². The summed E-state index contributed by atoms with van der Waals surface area (Å²) >= 11 is 0. The van der Waals surface area contributed by atoms with E-state index in [0.717, 1.165) is 30.1 Å². The lowest BCUT2D eigenvalue weighted by Gasteiger charge is -2.61. The van der Waals surface area contributed by atoms with Gasteiger partial charge in [0.05, 0.1) is 6.10 Å². The highest BCUT2D eigenvalue weighted by Crippen LogP contribution is 2.68. The molecule has 4 fully saturated rings. The van der Waals surface area contributed by atoms with Gasteiger partial charge in [-0.05, 0) is 99.2 Å². The quantitative estimate of drug-likeness (QED) is 0.700.